The van der Waals surface area contributed by atoms with E-state index >= 15 is 0 Å². The highest BCUT2D eigenvalue weighted by atomic mass is 16.5. The summed E-state index contributed by atoms with van der Waals surface area (Å²) in [7, 11) is 4.85. The molecule has 6 heteroatoms. The van der Waals surface area contributed by atoms with Gasteiger partial charge in [0.25, 0.3) is 0 Å². The molecule has 1 aliphatic rings. The molecule has 0 fully saturated rings. The van der Waals surface area contributed by atoms with Crippen molar-refractivity contribution in [1.82, 2.24) is 5.01 Å². The molecule has 0 unspecified atom stereocenters. The fourth-order valence-electron chi connectivity index (χ4n) is 3.11. The second-order valence-electron chi connectivity index (χ2n) is 5.97. The molecule has 1 heterocycles. The SMILES string of the molecule is COc1cccc([C@H]2CC(c3cc(OC)ccc3OC)=NN2C(C)=O)c1. The van der Waals surface area contributed by atoms with Crippen molar-refractivity contribution >= 4 is 11.6 Å². The van der Waals surface area contributed by atoms with Gasteiger partial charge < -0.3 is 14.2 Å². The van der Waals surface area contributed by atoms with Crippen LogP contribution in [-0.2, 0) is 4.79 Å². The molecule has 2 aromatic rings. The lowest BCUT2D eigenvalue weighted by atomic mass is 9.97. The minimum Gasteiger partial charge on any atom is -0.497 e. The number of methoxy groups -OCH3 is 3. The molecular formula is C20H22N2O4. The van der Waals surface area contributed by atoms with Crippen LogP contribution in [0.2, 0.25) is 0 Å². The highest BCUT2D eigenvalue weighted by Gasteiger charge is 2.32. The zero-order chi connectivity index (χ0) is 18.7. The lowest BCUT2D eigenvalue weighted by molar-refractivity contribution is -0.130. The van der Waals surface area contributed by atoms with Crippen LogP contribution in [0.15, 0.2) is 47.6 Å². The van der Waals surface area contributed by atoms with E-state index in [-0.39, 0.29) is 11.9 Å². The summed E-state index contributed by atoms with van der Waals surface area (Å²) < 4.78 is 16.1. The summed E-state index contributed by atoms with van der Waals surface area (Å²) in [5, 5.41) is 6.10. The van der Waals surface area contributed by atoms with E-state index in [1.165, 1.54) is 11.9 Å². The molecule has 6 nitrogen and oxygen atoms in total. The third kappa shape index (κ3) is 3.35. The molecule has 1 aliphatic heterocycles. The summed E-state index contributed by atoms with van der Waals surface area (Å²) in [5.41, 5.74) is 2.58. The molecule has 0 bridgehead atoms. The van der Waals surface area contributed by atoms with Gasteiger partial charge in [-0.15, -0.1) is 0 Å². The van der Waals surface area contributed by atoms with Crippen LogP contribution in [0.25, 0.3) is 0 Å². The van der Waals surface area contributed by atoms with Gasteiger partial charge in [-0.2, -0.15) is 5.10 Å². The smallest absolute Gasteiger partial charge is 0.240 e. The number of nitrogens with zero attached hydrogens (tertiary/aromatic N) is 2. The Bertz CT molecular complexity index is 847. The Morgan fingerprint density at radius 1 is 1.04 bits per heavy atom. The predicted molar refractivity (Wildman–Crippen MR) is 99.0 cm³/mol. The molecule has 0 spiro atoms. The van der Waals surface area contributed by atoms with Gasteiger partial charge in [0.1, 0.15) is 17.2 Å². The number of hydrogen-bond donors (Lipinski definition) is 0. The van der Waals surface area contributed by atoms with Crippen molar-refractivity contribution in [3.05, 3.63) is 53.6 Å². The molecule has 1 amide bonds. The zero-order valence-corrected chi connectivity index (χ0v) is 15.4. The average molecular weight is 354 g/mol. The number of carbonyl (C=O) groups excluding carboxylic acids is 1. The minimum atomic E-state index is -0.187. The monoisotopic (exact) mass is 354 g/mol. The third-order valence-corrected chi connectivity index (χ3v) is 4.43. The van der Waals surface area contributed by atoms with Crippen molar-refractivity contribution in [3.63, 3.8) is 0 Å². The van der Waals surface area contributed by atoms with Crippen LogP contribution in [0.1, 0.15) is 30.5 Å². The Hall–Kier alpha value is -3.02. The van der Waals surface area contributed by atoms with Gasteiger partial charge >= 0.3 is 0 Å². The van der Waals surface area contributed by atoms with Crippen LogP contribution in [0.5, 0.6) is 17.2 Å². The highest BCUT2D eigenvalue weighted by Crippen LogP contribution is 2.37. The van der Waals surface area contributed by atoms with E-state index in [1.807, 2.05) is 42.5 Å². The van der Waals surface area contributed by atoms with E-state index in [2.05, 4.69) is 5.10 Å². The quantitative estimate of drug-likeness (QED) is 0.826. The summed E-state index contributed by atoms with van der Waals surface area (Å²) in [6, 6.07) is 13.1. The van der Waals surface area contributed by atoms with Gasteiger partial charge in [0.15, 0.2) is 0 Å². The molecule has 2 aromatic carbocycles. The molecule has 3 rings (SSSR count). The van der Waals surface area contributed by atoms with E-state index in [9.17, 15) is 4.79 Å². The summed E-state index contributed by atoms with van der Waals surface area (Å²) >= 11 is 0. The molecule has 0 aliphatic carbocycles. The molecule has 0 saturated heterocycles. The standard InChI is InChI=1S/C20H22N2O4/c1-13(23)22-19(14-6-5-7-15(10-14)24-2)12-18(21-22)17-11-16(25-3)8-9-20(17)26-4/h5-11,19H,12H2,1-4H3/t19-/m1/s1. The fraction of sp³-hybridized carbons (Fsp3) is 0.300. The summed E-state index contributed by atoms with van der Waals surface area (Å²) in [6.07, 6.45) is 0.580. The van der Waals surface area contributed by atoms with Gasteiger partial charge in [-0.05, 0) is 35.9 Å². The first kappa shape index (κ1) is 17.8. The Labute approximate surface area is 153 Å². The number of rotatable bonds is 5. The van der Waals surface area contributed by atoms with Crippen LogP contribution in [0.3, 0.4) is 0 Å². The van der Waals surface area contributed by atoms with Crippen LogP contribution in [-0.4, -0.2) is 38.0 Å². The maximum Gasteiger partial charge on any atom is 0.240 e. The van der Waals surface area contributed by atoms with E-state index < -0.39 is 0 Å². The summed E-state index contributed by atoms with van der Waals surface area (Å²) in [5.74, 6) is 2.04. The topological polar surface area (TPSA) is 60.4 Å². The third-order valence-electron chi connectivity index (χ3n) is 4.43. The Morgan fingerprint density at radius 3 is 2.42 bits per heavy atom. The fourth-order valence-corrected chi connectivity index (χ4v) is 3.11. The van der Waals surface area contributed by atoms with Gasteiger partial charge in [0.2, 0.25) is 5.91 Å². The molecule has 136 valence electrons. The van der Waals surface area contributed by atoms with E-state index in [0.717, 1.165) is 22.6 Å². The number of hydrazone groups is 1. The first-order valence-electron chi connectivity index (χ1n) is 8.31. The molecule has 0 aromatic heterocycles. The maximum atomic E-state index is 12.2. The van der Waals surface area contributed by atoms with Crippen molar-refractivity contribution in [1.29, 1.82) is 0 Å². The zero-order valence-electron chi connectivity index (χ0n) is 15.4. The number of carbonyl (C=O) groups is 1. The van der Waals surface area contributed by atoms with E-state index in [0.29, 0.717) is 17.9 Å². The van der Waals surface area contributed by atoms with Crippen molar-refractivity contribution in [3.8, 4) is 17.2 Å². The lowest BCUT2D eigenvalue weighted by Crippen LogP contribution is -2.24. The Morgan fingerprint density at radius 2 is 1.77 bits per heavy atom. The number of benzene rings is 2. The van der Waals surface area contributed by atoms with Crippen LogP contribution in [0, 0.1) is 0 Å². The molecule has 0 saturated carbocycles. The number of hydrogen-bond acceptors (Lipinski definition) is 5. The van der Waals surface area contributed by atoms with E-state index in [1.54, 1.807) is 21.3 Å². The van der Waals surface area contributed by atoms with Crippen molar-refractivity contribution in [2.45, 2.75) is 19.4 Å². The van der Waals surface area contributed by atoms with Gasteiger partial charge in [0, 0.05) is 18.9 Å². The van der Waals surface area contributed by atoms with Crippen molar-refractivity contribution in [2.75, 3.05) is 21.3 Å². The second kappa shape index (κ2) is 7.47. The largest absolute Gasteiger partial charge is 0.497 e. The van der Waals surface area contributed by atoms with Gasteiger partial charge in [0.05, 0.1) is 33.1 Å². The van der Waals surface area contributed by atoms with Crippen molar-refractivity contribution < 1.29 is 19.0 Å². The number of amides is 1. The van der Waals surface area contributed by atoms with Crippen LogP contribution >= 0.6 is 0 Å². The van der Waals surface area contributed by atoms with Gasteiger partial charge in [-0.25, -0.2) is 5.01 Å². The highest BCUT2D eigenvalue weighted by molar-refractivity contribution is 6.05. The Kier molecular flexibility index (Phi) is 5.11. The second-order valence-corrected chi connectivity index (χ2v) is 5.97. The molecule has 0 radical (unpaired) electrons. The lowest BCUT2D eigenvalue weighted by Gasteiger charge is -2.20. The first-order valence-corrected chi connectivity index (χ1v) is 8.31. The maximum absolute atomic E-state index is 12.2. The summed E-state index contributed by atoms with van der Waals surface area (Å²) in [6.45, 7) is 1.52. The first-order chi connectivity index (χ1) is 12.6. The van der Waals surface area contributed by atoms with Gasteiger partial charge in [-0.1, -0.05) is 12.1 Å². The predicted octanol–water partition coefficient (Wildman–Crippen LogP) is 3.41. The molecule has 0 N–H and O–H groups in total. The molecular weight excluding hydrogens is 332 g/mol. The van der Waals surface area contributed by atoms with Crippen LogP contribution < -0.4 is 14.2 Å². The van der Waals surface area contributed by atoms with Crippen molar-refractivity contribution in [2.24, 2.45) is 5.10 Å². The summed E-state index contributed by atoms with van der Waals surface area (Å²) in [4.78, 5) is 12.2. The van der Waals surface area contributed by atoms with E-state index in [4.69, 9.17) is 14.2 Å². The Balaban J connectivity index is 2.00. The molecule has 26 heavy (non-hydrogen) atoms. The number of ether oxygens (including phenoxy) is 3. The minimum absolute atomic E-state index is 0.116. The van der Waals surface area contributed by atoms with Gasteiger partial charge in [-0.3, -0.25) is 4.79 Å². The molecule has 1 atom stereocenters. The average Bonchev–Trinajstić information content (AvgIpc) is 3.13. The normalized spacial score (nSPS) is 16.2. The van der Waals surface area contributed by atoms with Crippen LogP contribution in [0.4, 0.5) is 0 Å².